The molecule has 0 radical (unpaired) electrons. The maximum atomic E-state index is 5.56. The molecular formula is C75H77BN4S. The highest BCUT2D eigenvalue weighted by molar-refractivity contribution is 7.21. The van der Waals surface area contributed by atoms with Crippen LogP contribution in [0, 0.1) is 0 Å². The first-order chi connectivity index (χ1) is 38.3. The predicted octanol–water partition coefficient (Wildman–Crippen LogP) is 19.7. The van der Waals surface area contributed by atoms with Gasteiger partial charge in [0.2, 0.25) is 0 Å². The Morgan fingerprint density at radius 1 is 0.358 bits per heavy atom. The molecule has 12 rings (SSSR count). The fourth-order valence-corrected chi connectivity index (χ4v) is 12.9. The van der Waals surface area contributed by atoms with Gasteiger partial charge in [0.25, 0.3) is 6.71 Å². The molecular weight excluding hydrogens is 1000 g/mol. The molecule has 0 fully saturated rings. The number of benzene rings is 9. The summed E-state index contributed by atoms with van der Waals surface area (Å²) in [6.07, 6.45) is 0. The summed E-state index contributed by atoms with van der Waals surface area (Å²) in [7, 11) is 0. The molecule has 0 saturated heterocycles. The molecule has 0 bridgehead atoms. The molecule has 0 unspecified atom stereocenters. The van der Waals surface area contributed by atoms with Crippen molar-refractivity contribution in [3.8, 4) is 21.7 Å². The second-order valence-corrected chi connectivity index (χ2v) is 28.9. The van der Waals surface area contributed by atoms with Crippen LogP contribution in [-0.2, 0) is 27.1 Å². The minimum Gasteiger partial charge on any atom is -0.311 e. The van der Waals surface area contributed by atoms with E-state index in [-0.39, 0.29) is 33.8 Å². The highest BCUT2D eigenvalue weighted by Crippen LogP contribution is 2.50. The molecule has 10 aromatic rings. The van der Waals surface area contributed by atoms with Gasteiger partial charge in [-0.15, -0.1) is 11.3 Å². The highest BCUT2D eigenvalue weighted by atomic mass is 32.1. The SMILES string of the molecule is CC(C)(C)c1ccc(-c2ccc(-c3nc4cc5c(cc4s3)B3c4ccc(N(c6ccccc6)c6ccccc6)cc4N(c4ccc(C(C)(C)C)cc4)c4cc(C(C)(C)C)cc(c43)N5c3cc(C(C)(C)C)cc(C(C)(C)C)c3)cc2)cc1. The van der Waals surface area contributed by atoms with Crippen LogP contribution in [0.2, 0.25) is 0 Å². The van der Waals surface area contributed by atoms with Crippen molar-refractivity contribution in [3.05, 3.63) is 222 Å². The quantitative estimate of drug-likeness (QED) is 0.148. The largest absolute Gasteiger partial charge is 0.311 e. The summed E-state index contributed by atoms with van der Waals surface area (Å²) in [6, 6.07) is 73.7. The monoisotopic (exact) mass is 1080 g/mol. The molecule has 2 aliphatic heterocycles. The van der Waals surface area contributed by atoms with Crippen LogP contribution in [0.3, 0.4) is 0 Å². The first-order valence-corrected chi connectivity index (χ1v) is 29.9. The van der Waals surface area contributed by atoms with E-state index in [0.717, 1.165) is 38.8 Å². The van der Waals surface area contributed by atoms with E-state index in [1.807, 2.05) is 0 Å². The van der Waals surface area contributed by atoms with Crippen LogP contribution in [0.25, 0.3) is 31.9 Å². The zero-order valence-electron chi connectivity index (χ0n) is 50.2. The fourth-order valence-electron chi connectivity index (χ4n) is 11.9. The minimum atomic E-state index is -0.183. The van der Waals surface area contributed by atoms with Gasteiger partial charge in [-0.05, 0) is 167 Å². The van der Waals surface area contributed by atoms with Crippen LogP contribution in [0.4, 0.5) is 51.2 Å². The molecule has 2 aliphatic rings. The number of thiazole rings is 1. The number of aromatic nitrogens is 1. The summed E-state index contributed by atoms with van der Waals surface area (Å²) < 4.78 is 1.18. The van der Waals surface area contributed by atoms with Crippen molar-refractivity contribution in [2.45, 2.75) is 131 Å². The third-order valence-corrected chi connectivity index (χ3v) is 17.9. The van der Waals surface area contributed by atoms with Gasteiger partial charge in [0.15, 0.2) is 0 Å². The third-order valence-electron chi connectivity index (χ3n) is 16.8. The molecule has 4 nitrogen and oxygen atoms in total. The number of anilines is 9. The van der Waals surface area contributed by atoms with Gasteiger partial charge in [0.05, 0.1) is 10.2 Å². The van der Waals surface area contributed by atoms with E-state index >= 15 is 0 Å². The van der Waals surface area contributed by atoms with Crippen molar-refractivity contribution in [1.82, 2.24) is 4.98 Å². The Kier molecular flexibility index (Phi) is 13.0. The average Bonchev–Trinajstić information content (AvgIpc) is 3.59. The average molecular weight is 1080 g/mol. The summed E-state index contributed by atoms with van der Waals surface area (Å²) in [6.45, 7) is 34.8. The lowest BCUT2D eigenvalue weighted by Crippen LogP contribution is -2.61. The van der Waals surface area contributed by atoms with Crippen LogP contribution in [0.15, 0.2) is 194 Å². The topological polar surface area (TPSA) is 22.6 Å². The van der Waals surface area contributed by atoms with Crippen molar-refractivity contribution >= 4 is 95.8 Å². The van der Waals surface area contributed by atoms with E-state index in [9.17, 15) is 0 Å². The van der Waals surface area contributed by atoms with Gasteiger partial charge in [-0.3, -0.25) is 0 Å². The lowest BCUT2D eigenvalue weighted by molar-refractivity contribution is 0.568. The molecule has 0 atom stereocenters. The Labute approximate surface area is 487 Å². The maximum absolute atomic E-state index is 5.56. The van der Waals surface area contributed by atoms with Gasteiger partial charge in [0, 0.05) is 56.7 Å². The van der Waals surface area contributed by atoms with Crippen LogP contribution < -0.4 is 31.1 Å². The number of rotatable bonds is 7. The van der Waals surface area contributed by atoms with E-state index in [2.05, 4.69) is 313 Å². The fraction of sp³-hybridized carbons (Fsp3) is 0.267. The van der Waals surface area contributed by atoms with Crippen LogP contribution >= 0.6 is 11.3 Å². The van der Waals surface area contributed by atoms with E-state index in [1.54, 1.807) is 11.3 Å². The van der Waals surface area contributed by atoms with Gasteiger partial charge in [-0.1, -0.05) is 213 Å². The third kappa shape index (κ3) is 9.98. The highest BCUT2D eigenvalue weighted by Gasteiger charge is 2.45. The Bertz CT molecular complexity index is 3920. The number of para-hydroxylation sites is 2. The van der Waals surface area contributed by atoms with Crippen molar-refractivity contribution in [2.24, 2.45) is 0 Å². The summed E-state index contributed by atoms with van der Waals surface area (Å²) in [5.74, 6) is 0. The molecule has 1 aromatic heterocycles. The van der Waals surface area contributed by atoms with Gasteiger partial charge in [0.1, 0.15) is 5.01 Å². The second-order valence-electron chi connectivity index (χ2n) is 27.9. The zero-order chi connectivity index (χ0) is 57.1. The number of nitrogens with zero attached hydrogens (tertiary/aromatic N) is 4. The number of hydrogen-bond donors (Lipinski definition) is 0. The molecule has 0 N–H and O–H groups in total. The standard InChI is InChI=1S/C75H77BN4S/c1-71(2,3)51-32-30-49(31-33-51)48-26-28-50(29-27-48)70-77-63-47-65-62(46-68(63)81-70)76-61-39-38-59(78(56-22-18-16-19-23-56)57-24-20-17-21-25-57)45-64(61)79(58-36-34-52(35-37-58)72(4,5)6)66-43-55(75(13,14)15)44-67(69(66)76)80(65)60-41-53(73(7,8)9)40-54(42-60)74(10,11)12/h16-47H,1-15H3. The Balaban J connectivity index is 1.13. The van der Waals surface area contributed by atoms with Crippen LogP contribution in [-0.4, -0.2) is 11.7 Å². The van der Waals surface area contributed by atoms with E-state index in [0.29, 0.717) is 0 Å². The molecule has 0 spiro atoms. The normalized spacial score (nSPS) is 13.5. The van der Waals surface area contributed by atoms with E-state index in [1.165, 1.54) is 88.5 Å². The van der Waals surface area contributed by atoms with Crippen molar-refractivity contribution < 1.29 is 0 Å². The molecule has 0 amide bonds. The summed E-state index contributed by atoms with van der Waals surface area (Å²) in [5.41, 5.74) is 25.1. The summed E-state index contributed by atoms with van der Waals surface area (Å²) >= 11 is 1.80. The van der Waals surface area contributed by atoms with E-state index in [4.69, 9.17) is 4.98 Å². The first kappa shape index (κ1) is 54.0. The van der Waals surface area contributed by atoms with Gasteiger partial charge < -0.3 is 14.7 Å². The molecule has 9 aromatic carbocycles. The molecule has 81 heavy (non-hydrogen) atoms. The van der Waals surface area contributed by atoms with Gasteiger partial charge >= 0.3 is 0 Å². The van der Waals surface area contributed by atoms with E-state index < -0.39 is 0 Å². The lowest BCUT2D eigenvalue weighted by atomic mass is 9.33. The smallest absolute Gasteiger partial charge is 0.252 e. The maximum Gasteiger partial charge on any atom is 0.252 e. The predicted molar refractivity (Wildman–Crippen MR) is 353 cm³/mol. The second kappa shape index (κ2) is 19.5. The minimum absolute atomic E-state index is 0.00425. The molecule has 0 aliphatic carbocycles. The summed E-state index contributed by atoms with van der Waals surface area (Å²) in [4.78, 5) is 13.2. The first-order valence-electron chi connectivity index (χ1n) is 29.0. The Morgan fingerprint density at radius 3 is 1.31 bits per heavy atom. The van der Waals surface area contributed by atoms with Crippen molar-refractivity contribution in [1.29, 1.82) is 0 Å². The molecule has 3 heterocycles. The lowest BCUT2D eigenvalue weighted by Gasteiger charge is -2.45. The molecule has 406 valence electrons. The zero-order valence-corrected chi connectivity index (χ0v) is 51.1. The van der Waals surface area contributed by atoms with Crippen LogP contribution in [0.1, 0.15) is 132 Å². The number of hydrogen-bond acceptors (Lipinski definition) is 5. The molecule has 6 heteroatoms. The Hall–Kier alpha value is -7.67. The molecule has 0 saturated carbocycles. The van der Waals surface area contributed by atoms with Crippen molar-refractivity contribution in [2.75, 3.05) is 14.7 Å². The summed E-state index contributed by atoms with van der Waals surface area (Å²) in [5, 5.41) is 1.02. The van der Waals surface area contributed by atoms with Gasteiger partial charge in [-0.25, -0.2) is 4.98 Å². The van der Waals surface area contributed by atoms with Crippen molar-refractivity contribution in [3.63, 3.8) is 0 Å². The van der Waals surface area contributed by atoms with Gasteiger partial charge in [-0.2, -0.15) is 0 Å². The van der Waals surface area contributed by atoms with Crippen LogP contribution in [0.5, 0.6) is 0 Å². The Morgan fingerprint density at radius 2 is 0.802 bits per heavy atom. The number of fused-ring (bicyclic) bond motifs is 5.